The lowest BCUT2D eigenvalue weighted by Gasteiger charge is -2.17. The summed E-state index contributed by atoms with van der Waals surface area (Å²) in [6.07, 6.45) is 8.02. The average molecular weight is 350 g/mol. The molecule has 0 aliphatic heterocycles. The Hall–Kier alpha value is -1.85. The van der Waals surface area contributed by atoms with Crippen LogP contribution in [0.3, 0.4) is 0 Å². The molecule has 1 heterocycles. The van der Waals surface area contributed by atoms with E-state index in [0.717, 1.165) is 37.0 Å². The van der Waals surface area contributed by atoms with Crippen molar-refractivity contribution in [3.8, 4) is 5.75 Å². The van der Waals surface area contributed by atoms with Gasteiger partial charge in [0.1, 0.15) is 5.75 Å². The van der Waals surface area contributed by atoms with E-state index >= 15 is 0 Å². The van der Waals surface area contributed by atoms with Gasteiger partial charge >= 0.3 is 0 Å². The molecule has 0 radical (unpaired) electrons. The third-order valence-corrected chi connectivity index (χ3v) is 4.05. The smallest absolute Gasteiger partial charge is 0.250 e. The van der Waals surface area contributed by atoms with Gasteiger partial charge in [-0.3, -0.25) is 0 Å². The van der Waals surface area contributed by atoms with Crippen molar-refractivity contribution in [3.63, 3.8) is 0 Å². The molecule has 0 spiro atoms. The van der Waals surface area contributed by atoms with E-state index in [1.807, 2.05) is 50.3 Å². The predicted octanol–water partition coefficient (Wildman–Crippen LogP) is 4.18. The zero-order valence-corrected chi connectivity index (χ0v) is 14.9. The van der Waals surface area contributed by atoms with Gasteiger partial charge in [-0.15, -0.1) is 12.4 Å². The topological polar surface area (TPSA) is 74.2 Å². The highest BCUT2D eigenvalue weighted by Crippen LogP contribution is 2.34. The third-order valence-electron chi connectivity index (χ3n) is 4.05. The molecule has 1 aliphatic carbocycles. The summed E-state index contributed by atoms with van der Waals surface area (Å²) < 4.78 is 10.9. The number of hydrogen-bond acceptors (Lipinski definition) is 5. The molecule has 6 heteroatoms. The van der Waals surface area contributed by atoms with Gasteiger partial charge in [-0.05, 0) is 50.5 Å². The summed E-state index contributed by atoms with van der Waals surface area (Å²) in [6.45, 7) is 4.02. The Bertz CT molecular complexity index is 674. The zero-order chi connectivity index (χ0) is 16.3. The maximum absolute atomic E-state index is 6.33. The first-order chi connectivity index (χ1) is 11.0. The van der Waals surface area contributed by atoms with E-state index in [2.05, 4.69) is 10.1 Å². The lowest BCUT2D eigenvalue weighted by atomic mass is 9.99. The zero-order valence-electron chi connectivity index (χ0n) is 14.1. The van der Waals surface area contributed by atoms with Crippen LogP contribution in [0.2, 0.25) is 0 Å². The van der Waals surface area contributed by atoms with Crippen LogP contribution in [0.4, 0.5) is 0 Å². The molecule has 130 valence electrons. The van der Waals surface area contributed by atoms with Crippen LogP contribution < -0.4 is 10.5 Å². The second-order valence-electron chi connectivity index (χ2n) is 6.39. The molecule has 1 aromatic carbocycles. The Morgan fingerprint density at radius 3 is 2.46 bits per heavy atom. The quantitative estimate of drug-likeness (QED) is 0.876. The van der Waals surface area contributed by atoms with E-state index in [9.17, 15) is 0 Å². The first-order valence-electron chi connectivity index (χ1n) is 8.13. The fourth-order valence-electron chi connectivity index (χ4n) is 2.83. The SMILES string of the molecule is CC(C)Oc1ccc(/C=C/c2nc(C3(N)CCCC3)no2)cc1.Cl. The van der Waals surface area contributed by atoms with Crippen molar-refractivity contribution >= 4 is 24.6 Å². The minimum Gasteiger partial charge on any atom is -0.491 e. The number of hydrogen-bond donors (Lipinski definition) is 1. The Labute approximate surface area is 148 Å². The van der Waals surface area contributed by atoms with Gasteiger partial charge < -0.3 is 15.0 Å². The summed E-state index contributed by atoms with van der Waals surface area (Å²) in [5.74, 6) is 1.97. The van der Waals surface area contributed by atoms with Crippen LogP contribution in [0.1, 0.15) is 56.8 Å². The minimum atomic E-state index is -0.411. The fraction of sp³-hybridized carbons (Fsp3) is 0.444. The number of aromatic nitrogens is 2. The van der Waals surface area contributed by atoms with E-state index in [0.29, 0.717) is 11.7 Å². The van der Waals surface area contributed by atoms with Crippen LogP contribution in [0, 0.1) is 0 Å². The standard InChI is InChI=1S/C18H23N3O2.ClH/c1-13(2)22-15-8-5-14(6-9-15)7-10-16-20-17(21-23-16)18(19)11-3-4-12-18;/h5-10,13H,3-4,11-12,19H2,1-2H3;1H/b10-7+;. The summed E-state index contributed by atoms with van der Waals surface area (Å²) in [5, 5.41) is 4.05. The molecular weight excluding hydrogens is 326 g/mol. The van der Waals surface area contributed by atoms with Gasteiger partial charge in [0.05, 0.1) is 11.6 Å². The summed E-state index contributed by atoms with van der Waals surface area (Å²) in [7, 11) is 0. The van der Waals surface area contributed by atoms with Crippen molar-refractivity contribution in [2.24, 2.45) is 5.73 Å². The van der Waals surface area contributed by atoms with Crippen LogP contribution in [-0.2, 0) is 5.54 Å². The van der Waals surface area contributed by atoms with Crippen molar-refractivity contribution in [1.29, 1.82) is 0 Å². The highest BCUT2D eigenvalue weighted by atomic mass is 35.5. The number of nitrogens with zero attached hydrogens (tertiary/aromatic N) is 2. The van der Waals surface area contributed by atoms with E-state index in [1.54, 1.807) is 0 Å². The van der Waals surface area contributed by atoms with E-state index in [-0.39, 0.29) is 18.5 Å². The average Bonchev–Trinajstić information content (AvgIpc) is 3.16. The molecule has 1 aromatic heterocycles. The normalized spacial score (nSPS) is 16.5. The third kappa shape index (κ3) is 4.36. The van der Waals surface area contributed by atoms with Crippen molar-refractivity contribution in [2.45, 2.75) is 51.2 Å². The van der Waals surface area contributed by atoms with Crippen molar-refractivity contribution < 1.29 is 9.26 Å². The van der Waals surface area contributed by atoms with Gasteiger partial charge in [-0.2, -0.15) is 4.98 Å². The van der Waals surface area contributed by atoms with Gasteiger partial charge in [0.15, 0.2) is 5.82 Å². The maximum atomic E-state index is 6.33. The van der Waals surface area contributed by atoms with Crippen LogP contribution in [0.25, 0.3) is 12.2 Å². The minimum absolute atomic E-state index is 0. The maximum Gasteiger partial charge on any atom is 0.250 e. The first kappa shape index (κ1) is 18.5. The summed E-state index contributed by atoms with van der Waals surface area (Å²) in [5.41, 5.74) is 6.97. The molecule has 1 saturated carbocycles. The highest BCUT2D eigenvalue weighted by Gasteiger charge is 2.35. The van der Waals surface area contributed by atoms with Gasteiger partial charge in [-0.1, -0.05) is 30.1 Å². The van der Waals surface area contributed by atoms with E-state index < -0.39 is 5.54 Å². The summed E-state index contributed by atoms with van der Waals surface area (Å²) in [4.78, 5) is 4.42. The Morgan fingerprint density at radius 2 is 1.83 bits per heavy atom. The highest BCUT2D eigenvalue weighted by molar-refractivity contribution is 5.85. The van der Waals surface area contributed by atoms with Gasteiger partial charge in [0, 0.05) is 6.08 Å². The van der Waals surface area contributed by atoms with Crippen molar-refractivity contribution in [1.82, 2.24) is 10.1 Å². The van der Waals surface area contributed by atoms with E-state index in [1.165, 1.54) is 0 Å². The summed E-state index contributed by atoms with van der Waals surface area (Å²) >= 11 is 0. The van der Waals surface area contributed by atoms with Gasteiger partial charge in [0.2, 0.25) is 0 Å². The van der Waals surface area contributed by atoms with Gasteiger partial charge in [0.25, 0.3) is 5.89 Å². The molecule has 0 unspecified atom stereocenters. The van der Waals surface area contributed by atoms with Gasteiger partial charge in [-0.25, -0.2) is 0 Å². The van der Waals surface area contributed by atoms with Crippen LogP contribution >= 0.6 is 12.4 Å². The molecule has 1 fully saturated rings. The number of benzene rings is 1. The molecule has 3 rings (SSSR count). The lowest BCUT2D eigenvalue weighted by molar-refractivity contribution is 0.242. The Morgan fingerprint density at radius 1 is 1.17 bits per heavy atom. The molecular formula is C18H24ClN3O2. The second kappa shape index (κ2) is 7.81. The monoisotopic (exact) mass is 349 g/mol. The van der Waals surface area contributed by atoms with Crippen LogP contribution in [0.15, 0.2) is 28.8 Å². The molecule has 0 amide bonds. The fourth-order valence-corrected chi connectivity index (χ4v) is 2.83. The number of rotatable bonds is 5. The lowest BCUT2D eigenvalue weighted by Crippen LogP contribution is -2.34. The number of ether oxygens (including phenoxy) is 1. The molecule has 2 aromatic rings. The molecule has 24 heavy (non-hydrogen) atoms. The number of halogens is 1. The van der Waals surface area contributed by atoms with Crippen molar-refractivity contribution in [3.05, 3.63) is 41.5 Å². The van der Waals surface area contributed by atoms with Crippen LogP contribution in [-0.4, -0.2) is 16.2 Å². The second-order valence-corrected chi connectivity index (χ2v) is 6.39. The Kier molecular flexibility index (Phi) is 6.02. The first-order valence-corrected chi connectivity index (χ1v) is 8.13. The van der Waals surface area contributed by atoms with Crippen molar-refractivity contribution in [2.75, 3.05) is 0 Å². The predicted molar refractivity (Wildman–Crippen MR) is 97.0 cm³/mol. The van der Waals surface area contributed by atoms with Crippen LogP contribution in [0.5, 0.6) is 5.75 Å². The molecule has 0 bridgehead atoms. The molecule has 0 atom stereocenters. The molecule has 2 N–H and O–H groups in total. The molecule has 1 aliphatic rings. The summed E-state index contributed by atoms with van der Waals surface area (Å²) in [6, 6.07) is 7.89. The Balaban J connectivity index is 0.00000208. The number of nitrogens with two attached hydrogens (primary N) is 1. The molecule has 5 nitrogen and oxygen atoms in total. The van der Waals surface area contributed by atoms with E-state index in [4.69, 9.17) is 15.0 Å². The molecule has 0 saturated heterocycles. The largest absolute Gasteiger partial charge is 0.491 e.